The van der Waals surface area contributed by atoms with E-state index in [9.17, 15) is 4.79 Å². The Morgan fingerprint density at radius 2 is 1.86 bits per heavy atom. The van der Waals surface area contributed by atoms with Gasteiger partial charge in [0, 0.05) is 57.5 Å². The Labute approximate surface area is 248 Å². The second kappa shape index (κ2) is 11.7. The minimum absolute atomic E-state index is 0. The molecule has 0 aliphatic carbocycles. The number of hydrogen-bond donors (Lipinski definition) is 1. The minimum Gasteiger partial charge on any atom is -0.493 e. The molecule has 0 aliphatic rings. The summed E-state index contributed by atoms with van der Waals surface area (Å²) in [5.74, 6) is 1.06. The van der Waals surface area contributed by atoms with Crippen molar-refractivity contribution >= 4 is 80.4 Å². The SMILES string of the molecule is COc1cccc(/C=C/c2nc3sccn3c2C(=O)Nc2nc(C(C)(C)C)cs2)c1OCC(C)(C)C.[Na]. The zero-order valence-electron chi connectivity index (χ0n) is 22.7. The van der Waals surface area contributed by atoms with E-state index >= 15 is 0 Å². The fourth-order valence-electron chi connectivity index (χ4n) is 3.41. The number of carbonyl (C=O) groups excluding carboxylic acids is 1. The van der Waals surface area contributed by atoms with Gasteiger partial charge < -0.3 is 9.47 Å². The summed E-state index contributed by atoms with van der Waals surface area (Å²) in [7, 11) is 1.63. The second-order valence-electron chi connectivity index (χ2n) is 10.7. The Morgan fingerprint density at radius 1 is 1.11 bits per heavy atom. The number of amides is 1. The Bertz CT molecular complexity index is 1410. The molecule has 0 atom stereocenters. The molecular formula is C27H32N4NaO3S2. The van der Waals surface area contributed by atoms with E-state index in [1.807, 2.05) is 47.3 Å². The minimum atomic E-state index is -0.259. The maximum atomic E-state index is 13.4. The number of hydrogen-bond acceptors (Lipinski definition) is 7. The van der Waals surface area contributed by atoms with Crippen molar-refractivity contribution in [1.29, 1.82) is 0 Å². The molecule has 7 nitrogen and oxygen atoms in total. The summed E-state index contributed by atoms with van der Waals surface area (Å²) in [5.41, 5.74) is 2.71. The summed E-state index contributed by atoms with van der Waals surface area (Å²) in [6, 6.07) is 5.75. The van der Waals surface area contributed by atoms with E-state index in [1.54, 1.807) is 11.5 Å². The number of fused-ring (bicyclic) bond motifs is 1. The first-order chi connectivity index (χ1) is 17.0. The number of methoxy groups -OCH3 is 1. The van der Waals surface area contributed by atoms with Crippen molar-refractivity contribution in [2.45, 2.75) is 47.0 Å². The molecule has 3 aromatic heterocycles. The average molecular weight is 548 g/mol. The van der Waals surface area contributed by atoms with E-state index < -0.39 is 0 Å². The van der Waals surface area contributed by atoms with Gasteiger partial charge in [0.1, 0.15) is 5.69 Å². The molecule has 1 radical (unpaired) electrons. The molecule has 37 heavy (non-hydrogen) atoms. The molecule has 0 spiro atoms. The number of para-hydroxylation sites is 1. The number of benzene rings is 1. The third-order valence-corrected chi connectivity index (χ3v) is 6.81. The molecular weight excluding hydrogens is 515 g/mol. The number of nitrogens with one attached hydrogen (secondary N) is 1. The molecule has 3 heterocycles. The molecule has 0 bridgehead atoms. The van der Waals surface area contributed by atoms with Crippen LogP contribution in [0.3, 0.4) is 0 Å². The number of aromatic nitrogens is 3. The fourth-order valence-corrected chi connectivity index (χ4v) is 5.07. The summed E-state index contributed by atoms with van der Waals surface area (Å²) < 4.78 is 13.5. The molecule has 0 aliphatic heterocycles. The quantitative estimate of drug-likeness (QED) is 0.263. The molecule has 4 rings (SSSR count). The number of ether oxygens (including phenoxy) is 2. The summed E-state index contributed by atoms with van der Waals surface area (Å²) in [6.07, 6.45) is 5.60. The van der Waals surface area contributed by atoms with Gasteiger partial charge in [-0.15, -0.1) is 22.7 Å². The number of thiazole rings is 2. The zero-order chi connectivity index (χ0) is 26.1. The van der Waals surface area contributed by atoms with Crippen molar-refractivity contribution in [2.24, 2.45) is 5.41 Å². The number of nitrogens with zero attached hydrogens (tertiary/aromatic N) is 3. The second-order valence-corrected chi connectivity index (χ2v) is 12.4. The normalized spacial score (nSPS) is 12.1. The molecule has 0 saturated carbocycles. The Morgan fingerprint density at radius 3 is 2.51 bits per heavy atom. The smallest absolute Gasteiger partial charge is 0.276 e. The van der Waals surface area contributed by atoms with Crippen LogP contribution in [0.4, 0.5) is 5.13 Å². The van der Waals surface area contributed by atoms with Crippen molar-refractivity contribution in [3.8, 4) is 11.5 Å². The molecule has 0 saturated heterocycles. The number of rotatable bonds is 7. The largest absolute Gasteiger partial charge is 0.493 e. The van der Waals surface area contributed by atoms with Gasteiger partial charge in [-0.05, 0) is 23.6 Å². The molecule has 1 amide bonds. The van der Waals surface area contributed by atoms with E-state index in [1.165, 1.54) is 22.7 Å². The number of carbonyl (C=O) groups is 1. The fraction of sp³-hybridized carbons (Fsp3) is 0.370. The van der Waals surface area contributed by atoms with Gasteiger partial charge in [0.25, 0.3) is 5.91 Å². The van der Waals surface area contributed by atoms with Crippen LogP contribution in [0.2, 0.25) is 0 Å². The Balaban J connectivity index is 0.00000380. The van der Waals surface area contributed by atoms with Crippen LogP contribution in [0, 0.1) is 5.41 Å². The van der Waals surface area contributed by atoms with Gasteiger partial charge in [-0.25, -0.2) is 9.97 Å². The van der Waals surface area contributed by atoms with Gasteiger partial charge in [-0.1, -0.05) is 53.7 Å². The molecule has 191 valence electrons. The van der Waals surface area contributed by atoms with Crippen molar-refractivity contribution < 1.29 is 14.3 Å². The van der Waals surface area contributed by atoms with E-state index in [0.29, 0.717) is 34.6 Å². The number of imidazole rings is 1. The first-order valence-electron chi connectivity index (χ1n) is 11.7. The van der Waals surface area contributed by atoms with E-state index in [4.69, 9.17) is 14.5 Å². The summed E-state index contributed by atoms with van der Waals surface area (Å²) in [4.78, 5) is 23.4. The maximum Gasteiger partial charge on any atom is 0.276 e. The van der Waals surface area contributed by atoms with Gasteiger partial charge in [-0.3, -0.25) is 14.5 Å². The van der Waals surface area contributed by atoms with E-state index in [0.717, 1.165) is 16.2 Å². The third-order valence-electron chi connectivity index (χ3n) is 5.30. The van der Waals surface area contributed by atoms with Gasteiger partial charge >= 0.3 is 0 Å². The molecule has 10 heteroatoms. The molecule has 1 aromatic carbocycles. The monoisotopic (exact) mass is 547 g/mol. The topological polar surface area (TPSA) is 77.8 Å². The first-order valence-corrected chi connectivity index (χ1v) is 13.4. The number of anilines is 1. The van der Waals surface area contributed by atoms with E-state index in [2.05, 4.69) is 51.8 Å². The van der Waals surface area contributed by atoms with Gasteiger partial charge in [0.15, 0.2) is 21.6 Å². The third kappa shape index (κ3) is 7.03. The summed E-state index contributed by atoms with van der Waals surface area (Å²) in [5, 5.41) is 7.42. The maximum absolute atomic E-state index is 13.4. The predicted molar refractivity (Wildman–Crippen MR) is 154 cm³/mol. The van der Waals surface area contributed by atoms with Crippen LogP contribution in [-0.4, -0.2) is 63.5 Å². The van der Waals surface area contributed by atoms with Gasteiger partial charge in [-0.2, -0.15) is 0 Å². The van der Waals surface area contributed by atoms with Crippen LogP contribution < -0.4 is 14.8 Å². The summed E-state index contributed by atoms with van der Waals surface area (Å²) in [6.45, 7) is 13.2. The molecule has 0 unspecified atom stereocenters. The average Bonchev–Trinajstić information content (AvgIpc) is 3.51. The Kier molecular flexibility index (Phi) is 9.29. The van der Waals surface area contributed by atoms with Crippen LogP contribution in [0.1, 0.15) is 69.0 Å². The predicted octanol–water partition coefficient (Wildman–Crippen LogP) is 6.63. The van der Waals surface area contributed by atoms with Crippen LogP contribution in [0.5, 0.6) is 11.5 Å². The molecule has 0 fully saturated rings. The molecule has 4 aromatic rings. The van der Waals surface area contributed by atoms with E-state index in [-0.39, 0.29) is 46.3 Å². The molecule has 1 N–H and O–H groups in total. The van der Waals surface area contributed by atoms with Gasteiger partial charge in [0.2, 0.25) is 0 Å². The van der Waals surface area contributed by atoms with Gasteiger partial charge in [0.05, 0.1) is 25.1 Å². The standard InChI is InChI=1S/C27H32N4O3S2.Na/c1-26(2,3)16-34-22-17(9-8-10-19(22)33-7)11-12-18-21(31-13-14-35-25(31)28-18)23(32)30-24-29-20(15-36-24)27(4,5)6;/h8-15H,16H2,1-7H3,(H,29,30,32);/b12-11+;. The Hall–Kier alpha value is -2.17. The van der Waals surface area contributed by atoms with Crippen molar-refractivity contribution in [1.82, 2.24) is 14.4 Å². The van der Waals surface area contributed by atoms with Crippen LogP contribution in [0.25, 0.3) is 17.1 Å². The van der Waals surface area contributed by atoms with Crippen LogP contribution in [-0.2, 0) is 5.41 Å². The van der Waals surface area contributed by atoms with Crippen LogP contribution >= 0.6 is 22.7 Å². The zero-order valence-corrected chi connectivity index (χ0v) is 26.3. The van der Waals surface area contributed by atoms with Crippen molar-refractivity contribution in [3.05, 3.63) is 57.8 Å². The van der Waals surface area contributed by atoms with Crippen molar-refractivity contribution in [2.75, 3.05) is 19.0 Å². The summed E-state index contributed by atoms with van der Waals surface area (Å²) >= 11 is 2.90. The first kappa shape index (κ1) is 29.4. The van der Waals surface area contributed by atoms with Crippen LogP contribution in [0.15, 0.2) is 35.2 Å². The van der Waals surface area contributed by atoms with Crippen molar-refractivity contribution in [3.63, 3.8) is 0 Å².